The third kappa shape index (κ3) is 12.2. The second-order valence-electron chi connectivity index (χ2n) is 14.8. The molecule has 2 fully saturated rings. The fraction of sp³-hybridized carbons (Fsp3) is 0.478. The van der Waals surface area contributed by atoms with E-state index in [4.69, 9.17) is 23.7 Å². The second-order valence-corrected chi connectivity index (χ2v) is 14.8. The van der Waals surface area contributed by atoms with Crippen LogP contribution in [0.4, 0.5) is 0 Å². The van der Waals surface area contributed by atoms with E-state index in [0.29, 0.717) is 12.8 Å². The van der Waals surface area contributed by atoms with Gasteiger partial charge in [-0.3, -0.25) is 0 Å². The van der Waals surface area contributed by atoms with Crippen LogP contribution < -0.4 is 0 Å². The highest BCUT2D eigenvalue weighted by molar-refractivity contribution is 5.29. The van der Waals surface area contributed by atoms with Crippen LogP contribution in [-0.2, 0) is 36.5 Å². The maximum Gasteiger partial charge on any atom is 0.237 e. The van der Waals surface area contributed by atoms with Crippen molar-refractivity contribution in [2.24, 2.45) is 0 Å². The zero-order valence-electron chi connectivity index (χ0n) is 32.6. The molecule has 2 heterocycles. The first-order chi connectivity index (χ1) is 24.5. The minimum atomic E-state index is -1.21. The van der Waals surface area contributed by atoms with Crippen LogP contribution in [0.25, 0.3) is 0 Å². The highest BCUT2D eigenvalue weighted by Crippen LogP contribution is 2.46. The van der Waals surface area contributed by atoms with Crippen LogP contribution in [0.2, 0.25) is 0 Å². The Labute approximate surface area is 308 Å². The van der Waals surface area contributed by atoms with Crippen molar-refractivity contribution in [3.05, 3.63) is 141 Å². The topological polar surface area (TPSA) is 46.2 Å². The van der Waals surface area contributed by atoms with Gasteiger partial charge in [0.15, 0.2) is 25.1 Å². The lowest BCUT2D eigenvalue weighted by Crippen LogP contribution is -2.49. The van der Waals surface area contributed by atoms with E-state index in [0.717, 1.165) is 85.2 Å². The Kier molecular flexibility index (Phi) is 15.6. The number of allylic oxidation sites excluding steroid dienone is 10. The maximum absolute atomic E-state index is 7.37. The van der Waals surface area contributed by atoms with E-state index >= 15 is 0 Å². The minimum absolute atomic E-state index is 0.105. The summed E-state index contributed by atoms with van der Waals surface area (Å²) in [6.07, 6.45) is 18.0. The molecule has 2 aliphatic rings. The summed E-state index contributed by atoms with van der Waals surface area (Å²) in [6.45, 7) is 17.6. The molecule has 0 bridgehead atoms. The molecule has 2 aromatic rings. The van der Waals surface area contributed by atoms with E-state index in [2.05, 4.69) is 128 Å². The first-order valence-electron chi connectivity index (χ1n) is 18.8. The highest BCUT2D eigenvalue weighted by Gasteiger charge is 2.56. The van der Waals surface area contributed by atoms with Crippen molar-refractivity contribution in [1.29, 1.82) is 0 Å². The van der Waals surface area contributed by atoms with Gasteiger partial charge in [0.05, 0.1) is 0 Å². The average Bonchev–Trinajstić information content (AvgIpc) is 3.69. The Morgan fingerprint density at radius 1 is 0.529 bits per heavy atom. The first kappa shape index (κ1) is 40.1. The second kappa shape index (κ2) is 19.8. The summed E-state index contributed by atoms with van der Waals surface area (Å²) in [5.74, 6) is -0.944. The van der Waals surface area contributed by atoms with Gasteiger partial charge in [0.1, 0.15) is 0 Å². The van der Waals surface area contributed by atoms with Gasteiger partial charge in [-0.05, 0) is 129 Å². The van der Waals surface area contributed by atoms with Crippen LogP contribution in [0.3, 0.4) is 0 Å². The predicted octanol–water partition coefficient (Wildman–Crippen LogP) is 12.4. The maximum atomic E-state index is 7.37. The smallest absolute Gasteiger partial charge is 0.237 e. The van der Waals surface area contributed by atoms with Crippen molar-refractivity contribution in [3.63, 3.8) is 0 Å². The zero-order valence-corrected chi connectivity index (χ0v) is 32.6. The molecule has 5 nitrogen and oxygen atoms in total. The predicted molar refractivity (Wildman–Crippen MR) is 210 cm³/mol. The minimum Gasteiger partial charge on any atom is -0.466 e. The van der Waals surface area contributed by atoms with Crippen molar-refractivity contribution in [2.75, 3.05) is 13.6 Å². The highest BCUT2D eigenvalue weighted by atomic mass is 16.9. The first-order valence-corrected chi connectivity index (χ1v) is 18.8. The summed E-state index contributed by atoms with van der Waals surface area (Å²) in [5, 5.41) is 0. The van der Waals surface area contributed by atoms with E-state index in [9.17, 15) is 0 Å². The average molecular weight is 695 g/mol. The van der Waals surface area contributed by atoms with E-state index in [1.54, 1.807) is 0 Å². The molecule has 0 saturated carbocycles. The third-order valence-corrected chi connectivity index (χ3v) is 9.55. The Balaban J connectivity index is 1.68. The zero-order chi connectivity index (χ0) is 36.7. The quantitative estimate of drug-likeness (QED) is 0.145. The summed E-state index contributed by atoms with van der Waals surface area (Å²) in [4.78, 5) is 0. The molecule has 2 unspecified atom stereocenters. The molecule has 0 aliphatic carbocycles. The van der Waals surface area contributed by atoms with E-state index in [1.807, 2.05) is 12.1 Å². The summed E-state index contributed by atoms with van der Waals surface area (Å²) < 4.78 is 33.3. The lowest BCUT2D eigenvalue weighted by molar-refractivity contribution is -0.309. The number of hydrogen-bond donors (Lipinski definition) is 0. The van der Waals surface area contributed by atoms with Crippen molar-refractivity contribution < 1.29 is 23.7 Å². The Hall–Kier alpha value is -3.64. The molecule has 0 radical (unpaired) electrons. The molecule has 2 aliphatic heterocycles. The summed E-state index contributed by atoms with van der Waals surface area (Å²) in [6, 6.07) is 20.7. The Morgan fingerprint density at radius 2 is 0.902 bits per heavy atom. The van der Waals surface area contributed by atoms with Gasteiger partial charge in [0.25, 0.3) is 0 Å². The van der Waals surface area contributed by atoms with Crippen LogP contribution in [0, 0.1) is 0 Å². The Morgan fingerprint density at radius 3 is 1.27 bits per heavy atom. The number of hydrogen-bond acceptors (Lipinski definition) is 5. The molecule has 2 atom stereocenters. The molecular weight excluding hydrogens is 633 g/mol. The van der Waals surface area contributed by atoms with Crippen molar-refractivity contribution in [3.8, 4) is 0 Å². The normalized spacial score (nSPS) is 22.7. The fourth-order valence-electron chi connectivity index (χ4n) is 6.78. The van der Waals surface area contributed by atoms with Crippen LogP contribution in [-0.4, -0.2) is 25.2 Å². The molecular formula is C46H62O5. The fourth-order valence-corrected chi connectivity index (χ4v) is 6.78. The van der Waals surface area contributed by atoms with Gasteiger partial charge in [-0.2, -0.15) is 0 Å². The van der Waals surface area contributed by atoms with Gasteiger partial charge in [-0.15, -0.1) is 0 Å². The molecule has 2 saturated heterocycles. The van der Waals surface area contributed by atoms with Crippen LogP contribution >= 0.6 is 0 Å². The van der Waals surface area contributed by atoms with Gasteiger partial charge in [0, 0.05) is 12.8 Å². The molecule has 5 heteroatoms. The summed E-state index contributed by atoms with van der Waals surface area (Å²) in [5.41, 5.74) is 9.95. The monoisotopic (exact) mass is 694 g/mol. The summed E-state index contributed by atoms with van der Waals surface area (Å²) in [7, 11) is 0. The van der Waals surface area contributed by atoms with E-state index in [-0.39, 0.29) is 13.6 Å². The van der Waals surface area contributed by atoms with Crippen molar-refractivity contribution in [1.82, 2.24) is 0 Å². The molecule has 0 spiro atoms. The lowest BCUT2D eigenvalue weighted by atomic mass is 9.95. The van der Waals surface area contributed by atoms with Gasteiger partial charge < -0.3 is 23.7 Å². The van der Waals surface area contributed by atoms with Crippen LogP contribution in [0.15, 0.2) is 130 Å². The summed E-state index contributed by atoms with van der Waals surface area (Å²) >= 11 is 0. The van der Waals surface area contributed by atoms with Gasteiger partial charge >= 0.3 is 0 Å². The van der Waals surface area contributed by atoms with E-state index in [1.165, 1.54) is 22.3 Å². The standard InChI is InChI=1S/C46H62O5/c1-35(2)19-15-21-37(5)23-17-25-39(7)43-45(49-33-47-43,31-41-27-11-9-12-28-41)51-46(32-42-29-13-10-14-30-42)44(48-34-50-46)40(8)26-18-24-38(6)22-16-20-36(3)4/h9-14,19-20,23-24,27-30H,15-18,21-22,25-26,31-34H2,1-8H3. The largest absolute Gasteiger partial charge is 0.466 e. The van der Waals surface area contributed by atoms with Crippen molar-refractivity contribution in [2.45, 2.75) is 131 Å². The lowest BCUT2D eigenvalue weighted by Gasteiger charge is -2.38. The number of rotatable bonds is 18. The molecule has 4 rings (SSSR count). The molecule has 51 heavy (non-hydrogen) atoms. The number of benzene rings is 2. The molecule has 2 aromatic carbocycles. The van der Waals surface area contributed by atoms with Crippen LogP contribution in [0.1, 0.15) is 118 Å². The van der Waals surface area contributed by atoms with Crippen molar-refractivity contribution >= 4 is 0 Å². The molecule has 0 amide bonds. The van der Waals surface area contributed by atoms with E-state index < -0.39 is 11.6 Å². The molecule has 276 valence electrons. The molecule has 0 aromatic heterocycles. The van der Waals surface area contributed by atoms with Crippen LogP contribution in [0.5, 0.6) is 0 Å². The SMILES string of the molecule is CC(C)=CCCC(C)=CCCC(C)=C1OCOC1(Cc1ccccc1)OC1(Cc2ccccc2)OCOC1=C(C)CCC=C(C)CCC=C(C)C. The Bertz CT molecular complexity index is 1460. The third-order valence-electron chi connectivity index (χ3n) is 9.55. The van der Waals surface area contributed by atoms with Gasteiger partial charge in [0.2, 0.25) is 11.6 Å². The number of ether oxygens (including phenoxy) is 5. The van der Waals surface area contributed by atoms with Gasteiger partial charge in [-0.25, -0.2) is 0 Å². The molecule has 0 N–H and O–H groups in total. The van der Waals surface area contributed by atoms with Gasteiger partial charge in [-0.1, -0.05) is 107 Å².